The van der Waals surface area contributed by atoms with Gasteiger partial charge in [0.15, 0.2) is 0 Å². The predicted octanol–water partition coefficient (Wildman–Crippen LogP) is 1.42. The minimum Gasteiger partial charge on any atom is -0.354 e. The van der Waals surface area contributed by atoms with Crippen LogP contribution in [0.2, 0.25) is 0 Å². The van der Waals surface area contributed by atoms with E-state index >= 15 is 0 Å². The van der Waals surface area contributed by atoms with Crippen LogP contribution in [0, 0.1) is 5.92 Å². The fraction of sp³-hybridized carbons (Fsp3) is 0.909. The first-order valence-electron chi connectivity index (χ1n) is 5.77. The minimum atomic E-state index is -0.296. The lowest BCUT2D eigenvalue weighted by Crippen LogP contribution is -2.43. The van der Waals surface area contributed by atoms with Gasteiger partial charge in [-0.3, -0.25) is 4.79 Å². The highest BCUT2D eigenvalue weighted by molar-refractivity contribution is 5.81. The zero-order valence-corrected chi connectivity index (χ0v) is 9.09. The van der Waals surface area contributed by atoms with Crippen LogP contribution in [0.5, 0.6) is 0 Å². The van der Waals surface area contributed by atoms with Gasteiger partial charge < -0.3 is 11.1 Å². The second kappa shape index (κ2) is 6.02. The molecule has 0 aromatic rings. The van der Waals surface area contributed by atoms with E-state index in [2.05, 4.69) is 12.2 Å². The molecule has 0 aliphatic heterocycles. The van der Waals surface area contributed by atoms with Gasteiger partial charge >= 0.3 is 0 Å². The molecule has 0 saturated heterocycles. The van der Waals surface area contributed by atoms with E-state index in [9.17, 15) is 4.79 Å². The smallest absolute Gasteiger partial charge is 0.236 e. The lowest BCUT2D eigenvalue weighted by molar-refractivity contribution is -0.122. The number of hydrogen-bond acceptors (Lipinski definition) is 2. The standard InChI is InChI=1S/C11H22N2O/c1-2-3-7-10(12)11(14)13-8-9-5-4-6-9/h9-10H,2-8,12H2,1H3,(H,13,14)/t10-/m0/s1. The van der Waals surface area contributed by atoms with E-state index in [1.54, 1.807) is 0 Å². The number of amides is 1. The van der Waals surface area contributed by atoms with Gasteiger partial charge in [-0.15, -0.1) is 0 Å². The summed E-state index contributed by atoms with van der Waals surface area (Å²) >= 11 is 0. The Morgan fingerprint density at radius 1 is 1.57 bits per heavy atom. The van der Waals surface area contributed by atoms with Gasteiger partial charge in [-0.25, -0.2) is 0 Å². The molecule has 82 valence electrons. The molecule has 3 heteroatoms. The summed E-state index contributed by atoms with van der Waals surface area (Å²) in [6.07, 6.45) is 6.81. The molecule has 1 rings (SSSR count). The van der Waals surface area contributed by atoms with Crippen molar-refractivity contribution in [1.82, 2.24) is 5.32 Å². The summed E-state index contributed by atoms with van der Waals surface area (Å²) in [5.41, 5.74) is 5.74. The Balaban J connectivity index is 2.06. The van der Waals surface area contributed by atoms with Crippen LogP contribution < -0.4 is 11.1 Å². The summed E-state index contributed by atoms with van der Waals surface area (Å²) in [6, 6.07) is -0.296. The van der Waals surface area contributed by atoms with Crippen LogP contribution in [-0.2, 0) is 4.79 Å². The molecule has 0 radical (unpaired) electrons. The molecule has 1 aliphatic carbocycles. The second-order valence-electron chi connectivity index (χ2n) is 4.29. The SMILES string of the molecule is CCCC[C@H](N)C(=O)NCC1CCC1. The van der Waals surface area contributed by atoms with Crippen molar-refractivity contribution in [3.05, 3.63) is 0 Å². The third kappa shape index (κ3) is 3.66. The zero-order chi connectivity index (χ0) is 10.4. The van der Waals surface area contributed by atoms with Gasteiger partial charge in [0.05, 0.1) is 6.04 Å². The first-order valence-corrected chi connectivity index (χ1v) is 5.77. The van der Waals surface area contributed by atoms with Crippen LogP contribution in [0.25, 0.3) is 0 Å². The van der Waals surface area contributed by atoms with Crippen molar-refractivity contribution in [2.45, 2.75) is 51.5 Å². The van der Waals surface area contributed by atoms with Crippen LogP contribution in [0.4, 0.5) is 0 Å². The summed E-state index contributed by atoms with van der Waals surface area (Å²) in [7, 11) is 0. The average Bonchev–Trinajstić information content (AvgIpc) is 2.11. The van der Waals surface area contributed by atoms with Gasteiger partial charge in [-0.05, 0) is 25.2 Å². The first kappa shape index (κ1) is 11.5. The summed E-state index contributed by atoms with van der Waals surface area (Å²) < 4.78 is 0. The number of nitrogens with two attached hydrogens (primary N) is 1. The maximum absolute atomic E-state index is 11.5. The van der Waals surface area contributed by atoms with Crippen molar-refractivity contribution in [3.8, 4) is 0 Å². The average molecular weight is 198 g/mol. The van der Waals surface area contributed by atoms with Crippen molar-refractivity contribution in [1.29, 1.82) is 0 Å². The topological polar surface area (TPSA) is 55.1 Å². The minimum absolute atomic E-state index is 0.0327. The Kier molecular flexibility index (Phi) is 4.94. The molecule has 1 aliphatic rings. The Morgan fingerprint density at radius 3 is 2.79 bits per heavy atom. The Morgan fingerprint density at radius 2 is 2.29 bits per heavy atom. The number of carbonyl (C=O) groups excluding carboxylic acids is 1. The monoisotopic (exact) mass is 198 g/mol. The van der Waals surface area contributed by atoms with Gasteiger partial charge in [0.2, 0.25) is 5.91 Å². The molecule has 3 N–H and O–H groups in total. The molecule has 0 bridgehead atoms. The number of hydrogen-bond donors (Lipinski definition) is 2. The molecule has 0 aromatic heterocycles. The molecule has 0 aromatic carbocycles. The van der Waals surface area contributed by atoms with Crippen LogP contribution in [0.15, 0.2) is 0 Å². The second-order valence-corrected chi connectivity index (χ2v) is 4.29. The quantitative estimate of drug-likeness (QED) is 0.678. The molecule has 1 fully saturated rings. The van der Waals surface area contributed by atoms with Crippen LogP contribution in [0.3, 0.4) is 0 Å². The molecule has 0 spiro atoms. The van der Waals surface area contributed by atoms with Crippen LogP contribution >= 0.6 is 0 Å². The molecule has 1 amide bonds. The van der Waals surface area contributed by atoms with Crippen molar-refractivity contribution < 1.29 is 4.79 Å². The number of unbranched alkanes of at least 4 members (excludes halogenated alkanes) is 1. The molecule has 14 heavy (non-hydrogen) atoms. The first-order chi connectivity index (χ1) is 6.74. The summed E-state index contributed by atoms with van der Waals surface area (Å²) in [6.45, 7) is 2.94. The van der Waals surface area contributed by atoms with E-state index in [4.69, 9.17) is 5.73 Å². The lowest BCUT2D eigenvalue weighted by Gasteiger charge is -2.26. The van der Waals surface area contributed by atoms with E-state index in [0.29, 0.717) is 0 Å². The molecule has 1 atom stereocenters. The Hall–Kier alpha value is -0.570. The number of carbonyl (C=O) groups is 1. The molecule has 0 unspecified atom stereocenters. The molecule has 3 nitrogen and oxygen atoms in total. The lowest BCUT2D eigenvalue weighted by atomic mass is 9.85. The molecule has 0 heterocycles. The van der Waals surface area contributed by atoms with Gasteiger partial charge in [-0.1, -0.05) is 26.2 Å². The molecular formula is C11H22N2O. The maximum Gasteiger partial charge on any atom is 0.236 e. The third-order valence-electron chi connectivity index (χ3n) is 3.00. The van der Waals surface area contributed by atoms with Crippen molar-refractivity contribution in [2.24, 2.45) is 11.7 Å². The zero-order valence-electron chi connectivity index (χ0n) is 9.09. The fourth-order valence-corrected chi connectivity index (χ4v) is 1.63. The normalized spacial score (nSPS) is 18.7. The summed E-state index contributed by atoms with van der Waals surface area (Å²) in [4.78, 5) is 11.5. The third-order valence-corrected chi connectivity index (χ3v) is 3.00. The van der Waals surface area contributed by atoms with Crippen molar-refractivity contribution in [2.75, 3.05) is 6.54 Å². The molecule has 1 saturated carbocycles. The number of rotatable bonds is 6. The highest BCUT2D eigenvalue weighted by Crippen LogP contribution is 2.25. The highest BCUT2D eigenvalue weighted by Gasteiger charge is 2.19. The van der Waals surface area contributed by atoms with Gasteiger partial charge in [0.25, 0.3) is 0 Å². The summed E-state index contributed by atoms with van der Waals surface area (Å²) in [5.74, 6) is 0.752. The van der Waals surface area contributed by atoms with E-state index in [-0.39, 0.29) is 11.9 Å². The maximum atomic E-state index is 11.5. The van der Waals surface area contributed by atoms with E-state index in [0.717, 1.165) is 31.7 Å². The van der Waals surface area contributed by atoms with Gasteiger partial charge in [0.1, 0.15) is 0 Å². The largest absolute Gasteiger partial charge is 0.354 e. The van der Waals surface area contributed by atoms with Crippen LogP contribution in [-0.4, -0.2) is 18.5 Å². The van der Waals surface area contributed by atoms with E-state index in [1.807, 2.05) is 0 Å². The summed E-state index contributed by atoms with van der Waals surface area (Å²) in [5, 5.41) is 2.93. The van der Waals surface area contributed by atoms with Crippen LogP contribution in [0.1, 0.15) is 45.4 Å². The van der Waals surface area contributed by atoms with Crippen molar-refractivity contribution >= 4 is 5.91 Å². The molecular weight excluding hydrogens is 176 g/mol. The number of nitrogens with one attached hydrogen (secondary N) is 1. The van der Waals surface area contributed by atoms with E-state index < -0.39 is 0 Å². The Bertz CT molecular complexity index is 178. The van der Waals surface area contributed by atoms with Gasteiger partial charge in [-0.2, -0.15) is 0 Å². The van der Waals surface area contributed by atoms with Crippen molar-refractivity contribution in [3.63, 3.8) is 0 Å². The van der Waals surface area contributed by atoms with E-state index in [1.165, 1.54) is 19.3 Å². The van der Waals surface area contributed by atoms with Gasteiger partial charge in [0, 0.05) is 6.54 Å². The predicted molar refractivity (Wildman–Crippen MR) is 57.9 cm³/mol. The Labute approximate surface area is 86.4 Å². The highest BCUT2D eigenvalue weighted by atomic mass is 16.2. The fourth-order valence-electron chi connectivity index (χ4n) is 1.63.